The van der Waals surface area contributed by atoms with E-state index in [0.29, 0.717) is 5.69 Å². The molecule has 0 bridgehead atoms. The minimum absolute atomic E-state index is 0.00915. The molecule has 0 aliphatic carbocycles. The standard InChI is InChI=1S/C22H18N2O5/c1-2-29-22(26)17-12-16(13-18(14-17)24(27)28)21(25)23-20-11-7-6-10-19(20)15-8-4-3-5-9-15/h3-14H,2H2,1H3,(H,23,25). The predicted molar refractivity (Wildman–Crippen MR) is 109 cm³/mol. The Bertz CT molecular complexity index is 1060. The summed E-state index contributed by atoms with van der Waals surface area (Å²) in [4.78, 5) is 35.4. The molecule has 0 aliphatic heterocycles. The van der Waals surface area contributed by atoms with Gasteiger partial charge in [-0.25, -0.2) is 4.79 Å². The topological polar surface area (TPSA) is 98.5 Å². The molecule has 0 saturated carbocycles. The number of nitro groups is 1. The molecule has 0 heterocycles. The van der Waals surface area contributed by atoms with E-state index in [1.165, 1.54) is 6.07 Å². The number of carbonyl (C=O) groups is 2. The van der Waals surface area contributed by atoms with Gasteiger partial charge in [-0.2, -0.15) is 0 Å². The summed E-state index contributed by atoms with van der Waals surface area (Å²) in [6, 6.07) is 20.2. The molecule has 0 spiro atoms. The van der Waals surface area contributed by atoms with Gasteiger partial charge in [0.25, 0.3) is 11.6 Å². The molecule has 29 heavy (non-hydrogen) atoms. The average molecular weight is 390 g/mol. The Morgan fingerprint density at radius 2 is 1.62 bits per heavy atom. The number of hydrogen-bond donors (Lipinski definition) is 1. The molecule has 0 aliphatic rings. The summed E-state index contributed by atoms with van der Waals surface area (Å²) in [5.74, 6) is -1.29. The van der Waals surface area contributed by atoms with Crippen molar-refractivity contribution in [3.05, 3.63) is 94.0 Å². The highest BCUT2D eigenvalue weighted by Gasteiger charge is 2.19. The third-order valence-corrected chi connectivity index (χ3v) is 4.16. The molecule has 1 amide bonds. The fraction of sp³-hybridized carbons (Fsp3) is 0.0909. The van der Waals surface area contributed by atoms with Crippen molar-refractivity contribution < 1.29 is 19.2 Å². The number of benzene rings is 3. The lowest BCUT2D eigenvalue weighted by Crippen LogP contribution is -2.15. The second-order valence-corrected chi connectivity index (χ2v) is 6.11. The molecular weight excluding hydrogens is 372 g/mol. The zero-order chi connectivity index (χ0) is 20.8. The number of anilines is 1. The van der Waals surface area contributed by atoms with Crippen molar-refractivity contribution in [2.24, 2.45) is 0 Å². The Labute approximate surface area is 167 Å². The Morgan fingerprint density at radius 1 is 0.966 bits per heavy atom. The maximum atomic E-state index is 12.8. The van der Waals surface area contributed by atoms with Crippen LogP contribution in [0, 0.1) is 10.1 Å². The van der Waals surface area contributed by atoms with E-state index in [0.717, 1.165) is 23.3 Å². The summed E-state index contributed by atoms with van der Waals surface area (Å²) in [5, 5.41) is 14.0. The number of para-hydroxylation sites is 1. The zero-order valence-electron chi connectivity index (χ0n) is 15.6. The lowest BCUT2D eigenvalue weighted by Gasteiger charge is -2.12. The third kappa shape index (κ3) is 4.65. The van der Waals surface area contributed by atoms with E-state index < -0.39 is 16.8 Å². The fourth-order valence-corrected chi connectivity index (χ4v) is 2.84. The highest BCUT2D eigenvalue weighted by Crippen LogP contribution is 2.28. The summed E-state index contributed by atoms with van der Waals surface area (Å²) < 4.78 is 4.90. The number of carbonyl (C=O) groups excluding carboxylic acids is 2. The van der Waals surface area contributed by atoms with E-state index in [2.05, 4.69) is 5.32 Å². The van der Waals surface area contributed by atoms with Crippen molar-refractivity contribution in [1.29, 1.82) is 0 Å². The lowest BCUT2D eigenvalue weighted by atomic mass is 10.0. The summed E-state index contributed by atoms with van der Waals surface area (Å²) in [6.07, 6.45) is 0. The van der Waals surface area contributed by atoms with Crippen LogP contribution in [0.15, 0.2) is 72.8 Å². The van der Waals surface area contributed by atoms with Crippen LogP contribution in [0.25, 0.3) is 11.1 Å². The lowest BCUT2D eigenvalue weighted by molar-refractivity contribution is -0.384. The molecule has 1 N–H and O–H groups in total. The molecule has 3 rings (SSSR count). The monoisotopic (exact) mass is 390 g/mol. The SMILES string of the molecule is CCOC(=O)c1cc(C(=O)Nc2ccccc2-c2ccccc2)cc([N+](=O)[O-])c1. The molecule has 0 saturated heterocycles. The van der Waals surface area contributed by atoms with Crippen LogP contribution in [-0.4, -0.2) is 23.4 Å². The van der Waals surface area contributed by atoms with Crippen LogP contribution in [0.4, 0.5) is 11.4 Å². The number of rotatable bonds is 6. The van der Waals surface area contributed by atoms with Crippen LogP contribution >= 0.6 is 0 Å². The van der Waals surface area contributed by atoms with Gasteiger partial charge in [0.1, 0.15) is 0 Å². The number of amides is 1. The summed E-state index contributed by atoms with van der Waals surface area (Å²) >= 11 is 0. The van der Waals surface area contributed by atoms with Crippen LogP contribution in [0.2, 0.25) is 0 Å². The largest absolute Gasteiger partial charge is 0.462 e. The van der Waals surface area contributed by atoms with Gasteiger partial charge in [-0.3, -0.25) is 14.9 Å². The number of ether oxygens (including phenoxy) is 1. The molecule has 0 atom stereocenters. The summed E-state index contributed by atoms with van der Waals surface area (Å²) in [6.45, 7) is 1.75. The summed E-state index contributed by atoms with van der Waals surface area (Å²) in [5.41, 5.74) is 1.84. The van der Waals surface area contributed by atoms with Crippen molar-refractivity contribution >= 4 is 23.3 Å². The van der Waals surface area contributed by atoms with Crippen LogP contribution in [0.3, 0.4) is 0 Å². The molecular formula is C22H18N2O5. The van der Waals surface area contributed by atoms with Crippen LogP contribution in [0.5, 0.6) is 0 Å². The number of non-ortho nitro benzene ring substituents is 1. The molecule has 0 unspecified atom stereocenters. The Morgan fingerprint density at radius 3 is 2.31 bits per heavy atom. The number of nitrogens with one attached hydrogen (secondary N) is 1. The molecule has 3 aromatic rings. The first-order valence-electron chi connectivity index (χ1n) is 8.92. The normalized spacial score (nSPS) is 10.2. The van der Waals surface area contributed by atoms with E-state index in [-0.39, 0.29) is 23.4 Å². The molecule has 3 aromatic carbocycles. The van der Waals surface area contributed by atoms with E-state index in [1.807, 2.05) is 42.5 Å². The highest BCUT2D eigenvalue weighted by molar-refractivity contribution is 6.08. The van der Waals surface area contributed by atoms with Gasteiger partial charge in [0.2, 0.25) is 0 Å². The number of nitro benzene ring substituents is 1. The van der Waals surface area contributed by atoms with Crippen molar-refractivity contribution in [2.75, 3.05) is 11.9 Å². The van der Waals surface area contributed by atoms with Crippen LogP contribution in [0.1, 0.15) is 27.6 Å². The molecule has 0 fully saturated rings. The van der Waals surface area contributed by atoms with Crippen LogP contribution in [-0.2, 0) is 4.74 Å². The van der Waals surface area contributed by atoms with Crippen molar-refractivity contribution in [3.8, 4) is 11.1 Å². The zero-order valence-corrected chi connectivity index (χ0v) is 15.6. The van der Waals surface area contributed by atoms with Gasteiger partial charge in [0.15, 0.2) is 0 Å². The van der Waals surface area contributed by atoms with Gasteiger partial charge >= 0.3 is 5.97 Å². The Balaban J connectivity index is 1.96. The number of esters is 1. The van der Waals surface area contributed by atoms with E-state index in [4.69, 9.17) is 4.74 Å². The molecule has 7 heteroatoms. The van der Waals surface area contributed by atoms with Gasteiger partial charge in [0.05, 0.1) is 17.1 Å². The fourth-order valence-electron chi connectivity index (χ4n) is 2.84. The van der Waals surface area contributed by atoms with Gasteiger partial charge in [-0.05, 0) is 24.6 Å². The van der Waals surface area contributed by atoms with Crippen molar-refractivity contribution in [1.82, 2.24) is 0 Å². The van der Waals surface area contributed by atoms with Gasteiger partial charge < -0.3 is 10.1 Å². The first-order chi connectivity index (χ1) is 14.0. The predicted octanol–water partition coefficient (Wildman–Crippen LogP) is 4.69. The molecule has 146 valence electrons. The molecule has 0 aromatic heterocycles. The first-order valence-corrected chi connectivity index (χ1v) is 8.92. The van der Waals surface area contributed by atoms with E-state index in [9.17, 15) is 19.7 Å². The molecule has 7 nitrogen and oxygen atoms in total. The second kappa shape index (κ2) is 8.79. The number of nitrogens with zero attached hydrogens (tertiary/aromatic N) is 1. The van der Waals surface area contributed by atoms with Crippen molar-refractivity contribution in [2.45, 2.75) is 6.92 Å². The number of hydrogen-bond acceptors (Lipinski definition) is 5. The Hall–Kier alpha value is -4.00. The smallest absolute Gasteiger partial charge is 0.338 e. The quantitative estimate of drug-likeness (QED) is 0.374. The van der Waals surface area contributed by atoms with Crippen LogP contribution < -0.4 is 5.32 Å². The van der Waals surface area contributed by atoms with Crippen molar-refractivity contribution in [3.63, 3.8) is 0 Å². The van der Waals surface area contributed by atoms with Gasteiger partial charge in [0, 0.05) is 28.9 Å². The second-order valence-electron chi connectivity index (χ2n) is 6.11. The van der Waals surface area contributed by atoms with Gasteiger partial charge in [-0.1, -0.05) is 48.5 Å². The highest BCUT2D eigenvalue weighted by atomic mass is 16.6. The summed E-state index contributed by atoms with van der Waals surface area (Å²) in [7, 11) is 0. The van der Waals surface area contributed by atoms with Gasteiger partial charge in [-0.15, -0.1) is 0 Å². The maximum absolute atomic E-state index is 12.8. The minimum Gasteiger partial charge on any atom is -0.462 e. The van der Waals surface area contributed by atoms with E-state index in [1.54, 1.807) is 19.1 Å². The Kier molecular flexibility index (Phi) is 5.99. The minimum atomic E-state index is -0.727. The third-order valence-electron chi connectivity index (χ3n) is 4.16. The molecule has 0 radical (unpaired) electrons. The maximum Gasteiger partial charge on any atom is 0.338 e. The average Bonchev–Trinajstić information content (AvgIpc) is 2.74. The first kappa shape index (κ1) is 19.8. The van der Waals surface area contributed by atoms with E-state index >= 15 is 0 Å².